The van der Waals surface area contributed by atoms with Crippen molar-refractivity contribution in [3.63, 3.8) is 0 Å². The van der Waals surface area contributed by atoms with E-state index in [0.717, 1.165) is 33.0 Å². The summed E-state index contributed by atoms with van der Waals surface area (Å²) in [7, 11) is 0. The monoisotopic (exact) mass is 375 g/mol. The van der Waals surface area contributed by atoms with Crippen LogP contribution in [0.15, 0.2) is 84.2 Å². The van der Waals surface area contributed by atoms with E-state index >= 15 is 0 Å². The first-order valence-electron chi connectivity index (χ1n) is 8.08. The van der Waals surface area contributed by atoms with Crippen LogP contribution in [0.2, 0.25) is 0 Å². The zero-order chi connectivity index (χ0) is 19.1. The van der Waals surface area contributed by atoms with E-state index in [1.807, 2.05) is 30.3 Å². The number of hydrogen-bond acceptors (Lipinski definition) is 4. The Hall–Kier alpha value is -3.40. The van der Waals surface area contributed by atoms with E-state index in [2.05, 4.69) is 29.6 Å². The highest BCUT2D eigenvalue weighted by Crippen LogP contribution is 2.31. The van der Waals surface area contributed by atoms with Gasteiger partial charge >= 0.3 is 6.15 Å². The molecular formula is C22H14FNO2S. The molecule has 1 aromatic heterocycles. The minimum Gasteiger partial charge on any atom is -0.236 e. The maximum atomic E-state index is 13.1. The Labute approximate surface area is 159 Å². The molecule has 3 aromatic carbocycles. The first-order valence-corrected chi connectivity index (χ1v) is 8.96. The van der Waals surface area contributed by atoms with Crippen LogP contribution in [0.5, 0.6) is 0 Å². The summed E-state index contributed by atoms with van der Waals surface area (Å²) < 4.78 is 13.1. The van der Waals surface area contributed by atoms with Crippen molar-refractivity contribution < 1.29 is 14.0 Å². The molecule has 5 heteroatoms. The number of hydrogen-bond donors (Lipinski definition) is 0. The second kappa shape index (κ2) is 8.81. The standard InChI is InChI=1S/C21H14FNS.CO2/c22-19-11-9-15(10-12-19)17-7-4-8-18(13-17)20-14-24-21(23-20)16-5-2-1-3-6-16;2-1-3/h1-14H;. The summed E-state index contributed by atoms with van der Waals surface area (Å²) in [5.41, 5.74) is 5.21. The van der Waals surface area contributed by atoms with Crippen molar-refractivity contribution >= 4 is 17.5 Å². The van der Waals surface area contributed by atoms with E-state index in [-0.39, 0.29) is 12.0 Å². The lowest BCUT2D eigenvalue weighted by atomic mass is 10.0. The SMILES string of the molecule is Fc1ccc(-c2cccc(-c3csc(-c4ccccc4)n3)c2)cc1.O=C=O. The summed E-state index contributed by atoms with van der Waals surface area (Å²) in [4.78, 5) is 21.0. The van der Waals surface area contributed by atoms with Crippen LogP contribution in [0.4, 0.5) is 4.39 Å². The number of nitrogens with zero attached hydrogens (tertiary/aromatic N) is 1. The lowest BCUT2D eigenvalue weighted by Gasteiger charge is -2.04. The third-order valence-corrected chi connectivity index (χ3v) is 4.75. The predicted octanol–water partition coefficient (Wildman–Crippen LogP) is 5.70. The molecule has 0 amide bonds. The highest BCUT2D eigenvalue weighted by atomic mass is 32.1. The van der Waals surface area contributed by atoms with Gasteiger partial charge in [-0.05, 0) is 29.3 Å². The van der Waals surface area contributed by atoms with Gasteiger partial charge in [0, 0.05) is 16.5 Å². The molecule has 0 unspecified atom stereocenters. The third-order valence-electron chi connectivity index (χ3n) is 3.86. The number of benzene rings is 3. The van der Waals surface area contributed by atoms with Crippen LogP contribution in [0.25, 0.3) is 33.0 Å². The van der Waals surface area contributed by atoms with Crippen LogP contribution < -0.4 is 0 Å². The van der Waals surface area contributed by atoms with Crippen LogP contribution in [0.1, 0.15) is 0 Å². The number of halogens is 1. The maximum Gasteiger partial charge on any atom is 0.373 e. The second-order valence-corrected chi connectivity index (χ2v) is 6.43. The summed E-state index contributed by atoms with van der Waals surface area (Å²) in [5.74, 6) is -0.220. The molecule has 0 bridgehead atoms. The van der Waals surface area contributed by atoms with Crippen LogP contribution in [0.3, 0.4) is 0 Å². The summed E-state index contributed by atoms with van der Waals surface area (Å²) in [6.07, 6.45) is 0.250. The van der Waals surface area contributed by atoms with E-state index in [1.54, 1.807) is 23.5 Å². The molecule has 27 heavy (non-hydrogen) atoms. The minimum absolute atomic E-state index is 0.220. The minimum atomic E-state index is -0.220. The van der Waals surface area contributed by atoms with Gasteiger partial charge in [0.05, 0.1) is 5.69 Å². The Bertz CT molecular complexity index is 1050. The van der Waals surface area contributed by atoms with E-state index in [0.29, 0.717) is 0 Å². The fraction of sp³-hybridized carbons (Fsp3) is 0. The van der Waals surface area contributed by atoms with Crippen LogP contribution in [-0.2, 0) is 9.59 Å². The molecule has 0 aliphatic carbocycles. The summed E-state index contributed by atoms with van der Waals surface area (Å²) in [5, 5.41) is 3.09. The first kappa shape index (κ1) is 18.4. The summed E-state index contributed by atoms with van der Waals surface area (Å²) >= 11 is 1.64. The van der Waals surface area contributed by atoms with Crippen molar-refractivity contribution in [3.05, 3.63) is 90.1 Å². The lowest BCUT2D eigenvalue weighted by molar-refractivity contribution is -0.191. The van der Waals surface area contributed by atoms with Gasteiger partial charge in [-0.15, -0.1) is 11.3 Å². The van der Waals surface area contributed by atoms with Gasteiger partial charge in [0.15, 0.2) is 0 Å². The molecule has 1 heterocycles. The molecule has 0 saturated carbocycles. The number of thiazole rings is 1. The molecule has 0 saturated heterocycles. The fourth-order valence-electron chi connectivity index (χ4n) is 2.62. The van der Waals surface area contributed by atoms with Gasteiger partial charge in [0.1, 0.15) is 10.8 Å². The van der Waals surface area contributed by atoms with Gasteiger partial charge in [0.25, 0.3) is 0 Å². The number of carbonyl (C=O) groups excluding carboxylic acids is 2. The molecule has 0 aliphatic heterocycles. The largest absolute Gasteiger partial charge is 0.373 e. The average molecular weight is 375 g/mol. The van der Waals surface area contributed by atoms with E-state index < -0.39 is 0 Å². The molecular weight excluding hydrogens is 361 g/mol. The van der Waals surface area contributed by atoms with Crippen molar-refractivity contribution in [1.29, 1.82) is 0 Å². The number of rotatable bonds is 3. The lowest BCUT2D eigenvalue weighted by Crippen LogP contribution is -1.83. The average Bonchev–Trinajstić information content (AvgIpc) is 3.20. The zero-order valence-corrected chi connectivity index (χ0v) is 14.9. The van der Waals surface area contributed by atoms with Gasteiger partial charge in [0.2, 0.25) is 0 Å². The molecule has 0 atom stereocenters. The van der Waals surface area contributed by atoms with Crippen molar-refractivity contribution in [3.8, 4) is 33.0 Å². The normalized spacial score (nSPS) is 9.81. The molecule has 4 rings (SSSR count). The van der Waals surface area contributed by atoms with Gasteiger partial charge in [-0.25, -0.2) is 9.37 Å². The van der Waals surface area contributed by atoms with Crippen molar-refractivity contribution in [2.24, 2.45) is 0 Å². The fourth-order valence-corrected chi connectivity index (χ4v) is 3.46. The Morgan fingerprint density at radius 3 is 2.07 bits per heavy atom. The zero-order valence-electron chi connectivity index (χ0n) is 14.1. The summed E-state index contributed by atoms with van der Waals surface area (Å²) in [6.45, 7) is 0. The second-order valence-electron chi connectivity index (χ2n) is 5.57. The Morgan fingerprint density at radius 1 is 0.741 bits per heavy atom. The smallest absolute Gasteiger partial charge is 0.236 e. The van der Waals surface area contributed by atoms with Crippen LogP contribution in [0, 0.1) is 5.82 Å². The van der Waals surface area contributed by atoms with Crippen molar-refractivity contribution in [1.82, 2.24) is 4.98 Å². The van der Waals surface area contributed by atoms with E-state index in [1.165, 1.54) is 12.1 Å². The molecule has 0 fully saturated rings. The number of aromatic nitrogens is 1. The van der Waals surface area contributed by atoms with Crippen molar-refractivity contribution in [2.75, 3.05) is 0 Å². The molecule has 0 N–H and O–H groups in total. The molecule has 0 spiro atoms. The highest BCUT2D eigenvalue weighted by molar-refractivity contribution is 7.13. The predicted molar refractivity (Wildman–Crippen MR) is 103 cm³/mol. The topological polar surface area (TPSA) is 47.0 Å². The van der Waals surface area contributed by atoms with Crippen LogP contribution >= 0.6 is 11.3 Å². The Kier molecular flexibility index (Phi) is 6.00. The molecule has 132 valence electrons. The molecule has 3 nitrogen and oxygen atoms in total. The Balaban J connectivity index is 0.000000659. The van der Waals surface area contributed by atoms with Gasteiger partial charge < -0.3 is 0 Å². The summed E-state index contributed by atoms with van der Waals surface area (Å²) in [6, 6.07) is 24.9. The van der Waals surface area contributed by atoms with Gasteiger partial charge in [-0.2, -0.15) is 9.59 Å². The van der Waals surface area contributed by atoms with E-state index in [4.69, 9.17) is 14.6 Å². The third kappa shape index (κ3) is 4.61. The maximum absolute atomic E-state index is 13.1. The molecule has 4 aromatic rings. The highest BCUT2D eigenvalue weighted by Gasteiger charge is 2.07. The molecule has 0 radical (unpaired) electrons. The van der Waals surface area contributed by atoms with Gasteiger partial charge in [-0.3, -0.25) is 0 Å². The van der Waals surface area contributed by atoms with Crippen molar-refractivity contribution in [2.45, 2.75) is 0 Å². The first-order chi connectivity index (χ1) is 13.2. The molecule has 0 aliphatic rings. The van der Waals surface area contributed by atoms with Crippen LogP contribution in [-0.4, -0.2) is 11.1 Å². The Morgan fingerprint density at radius 2 is 1.37 bits per heavy atom. The van der Waals surface area contributed by atoms with E-state index in [9.17, 15) is 4.39 Å². The quantitative estimate of drug-likeness (QED) is 0.461. The van der Waals surface area contributed by atoms with Gasteiger partial charge in [-0.1, -0.05) is 60.7 Å².